The molecule has 0 fully saturated rings. The zero-order valence-corrected chi connectivity index (χ0v) is 10.8. The van der Waals surface area contributed by atoms with E-state index >= 15 is 0 Å². The van der Waals surface area contributed by atoms with E-state index in [4.69, 9.17) is 4.42 Å². The van der Waals surface area contributed by atoms with Gasteiger partial charge < -0.3 is 9.73 Å². The van der Waals surface area contributed by atoms with Gasteiger partial charge in [-0.05, 0) is 43.5 Å². The summed E-state index contributed by atoms with van der Waals surface area (Å²) in [7, 11) is 0. The Balaban J connectivity index is 1.92. The highest BCUT2D eigenvalue weighted by Gasteiger charge is 2.21. The molecule has 1 N–H and O–H groups in total. The summed E-state index contributed by atoms with van der Waals surface area (Å²) in [5, 5.41) is 3.54. The maximum Gasteiger partial charge on any atom is 0.0954 e. The molecule has 2 heterocycles. The van der Waals surface area contributed by atoms with E-state index in [0.29, 0.717) is 6.04 Å². The van der Waals surface area contributed by atoms with Crippen LogP contribution < -0.4 is 5.32 Å². The average Bonchev–Trinajstić information content (AvgIpc) is 3.01. The Hall–Kier alpha value is -1.06. The lowest BCUT2D eigenvalue weighted by atomic mass is 10.1. The van der Waals surface area contributed by atoms with Gasteiger partial charge in [-0.25, -0.2) is 0 Å². The molecule has 0 saturated heterocycles. The number of hydrogen-bond donors (Lipinski definition) is 1. The number of furan rings is 1. The Kier molecular flexibility index (Phi) is 3.04. The quantitative estimate of drug-likeness (QED) is 0.894. The number of rotatable bonds is 4. The summed E-state index contributed by atoms with van der Waals surface area (Å²) >= 11 is 1.96. The fourth-order valence-corrected chi connectivity index (χ4v) is 3.88. The highest BCUT2D eigenvalue weighted by atomic mass is 32.1. The zero-order chi connectivity index (χ0) is 11.7. The van der Waals surface area contributed by atoms with Crippen LogP contribution >= 0.6 is 11.3 Å². The molecule has 2 aromatic rings. The van der Waals surface area contributed by atoms with Crippen molar-refractivity contribution in [2.24, 2.45) is 0 Å². The molecule has 0 aromatic carbocycles. The molecule has 3 rings (SSSR count). The summed E-state index contributed by atoms with van der Waals surface area (Å²) in [6.07, 6.45) is 7.46. The van der Waals surface area contributed by atoms with Crippen molar-refractivity contribution >= 4 is 11.3 Å². The van der Waals surface area contributed by atoms with E-state index in [1.807, 2.05) is 17.6 Å². The predicted molar refractivity (Wildman–Crippen MR) is 70.6 cm³/mol. The average molecular weight is 247 g/mol. The van der Waals surface area contributed by atoms with Crippen LogP contribution in [0, 0.1) is 0 Å². The molecule has 1 atom stereocenters. The van der Waals surface area contributed by atoms with Crippen molar-refractivity contribution in [3.8, 4) is 0 Å². The Morgan fingerprint density at radius 3 is 3.12 bits per heavy atom. The number of nitrogens with one attached hydrogen (secondary N) is 1. The third kappa shape index (κ3) is 2.05. The van der Waals surface area contributed by atoms with Gasteiger partial charge in [0.15, 0.2) is 0 Å². The molecule has 1 aliphatic carbocycles. The first-order valence-corrected chi connectivity index (χ1v) is 7.07. The second kappa shape index (κ2) is 4.67. The van der Waals surface area contributed by atoms with Crippen LogP contribution in [0.3, 0.4) is 0 Å². The van der Waals surface area contributed by atoms with Gasteiger partial charge in [-0.15, -0.1) is 11.3 Å². The minimum Gasteiger partial charge on any atom is -0.472 e. The summed E-state index contributed by atoms with van der Waals surface area (Å²) in [6.45, 7) is 3.12. The summed E-state index contributed by atoms with van der Waals surface area (Å²) < 4.78 is 5.21. The maximum atomic E-state index is 5.21. The molecule has 0 amide bonds. The Morgan fingerprint density at radius 2 is 2.41 bits per heavy atom. The van der Waals surface area contributed by atoms with E-state index in [2.05, 4.69) is 24.4 Å². The third-order valence-electron chi connectivity index (χ3n) is 3.33. The van der Waals surface area contributed by atoms with E-state index in [0.717, 1.165) is 6.54 Å². The van der Waals surface area contributed by atoms with E-state index in [-0.39, 0.29) is 0 Å². The van der Waals surface area contributed by atoms with Crippen molar-refractivity contribution in [2.45, 2.75) is 32.2 Å². The van der Waals surface area contributed by atoms with Crippen molar-refractivity contribution in [1.82, 2.24) is 5.32 Å². The van der Waals surface area contributed by atoms with Gasteiger partial charge in [-0.2, -0.15) is 0 Å². The summed E-state index contributed by atoms with van der Waals surface area (Å²) in [5.74, 6) is 0. The van der Waals surface area contributed by atoms with Gasteiger partial charge in [0.1, 0.15) is 0 Å². The molecule has 0 radical (unpaired) electrons. The first-order chi connectivity index (χ1) is 8.38. The summed E-state index contributed by atoms with van der Waals surface area (Å²) in [5.41, 5.74) is 2.79. The highest BCUT2D eigenvalue weighted by Crippen LogP contribution is 2.36. The minimum atomic E-state index is 0.300. The van der Waals surface area contributed by atoms with Gasteiger partial charge in [0, 0.05) is 15.3 Å². The van der Waals surface area contributed by atoms with Crippen LogP contribution in [0.2, 0.25) is 0 Å². The predicted octanol–water partition coefficient (Wildman–Crippen LogP) is 3.53. The molecule has 0 spiro atoms. The molecular weight excluding hydrogens is 230 g/mol. The minimum absolute atomic E-state index is 0.300. The van der Waals surface area contributed by atoms with Crippen LogP contribution in [0.5, 0.6) is 0 Å². The molecule has 1 unspecified atom stereocenters. The Labute approximate surface area is 106 Å². The smallest absolute Gasteiger partial charge is 0.0954 e. The number of aryl methyl sites for hydroxylation is 2. The van der Waals surface area contributed by atoms with Crippen LogP contribution in [-0.2, 0) is 12.8 Å². The van der Waals surface area contributed by atoms with Crippen molar-refractivity contribution < 1.29 is 4.42 Å². The number of hydrogen-bond acceptors (Lipinski definition) is 3. The normalized spacial score (nSPS) is 16.1. The Morgan fingerprint density at radius 1 is 1.47 bits per heavy atom. The van der Waals surface area contributed by atoms with Gasteiger partial charge in [0.05, 0.1) is 18.6 Å². The topological polar surface area (TPSA) is 25.2 Å². The first-order valence-electron chi connectivity index (χ1n) is 6.25. The van der Waals surface area contributed by atoms with Gasteiger partial charge in [0.25, 0.3) is 0 Å². The molecule has 3 heteroatoms. The third-order valence-corrected chi connectivity index (χ3v) is 4.64. The van der Waals surface area contributed by atoms with E-state index in [9.17, 15) is 0 Å². The molecule has 90 valence electrons. The second-order valence-electron chi connectivity index (χ2n) is 4.50. The second-order valence-corrected chi connectivity index (χ2v) is 5.67. The van der Waals surface area contributed by atoms with E-state index in [1.54, 1.807) is 16.7 Å². The lowest BCUT2D eigenvalue weighted by Gasteiger charge is -2.14. The van der Waals surface area contributed by atoms with Gasteiger partial charge in [0.2, 0.25) is 0 Å². The van der Waals surface area contributed by atoms with Crippen LogP contribution in [-0.4, -0.2) is 6.54 Å². The van der Waals surface area contributed by atoms with Crippen molar-refractivity contribution in [3.63, 3.8) is 0 Å². The first kappa shape index (κ1) is 11.1. The zero-order valence-electron chi connectivity index (χ0n) is 10.0. The van der Waals surface area contributed by atoms with Gasteiger partial charge in [-0.1, -0.05) is 6.92 Å². The van der Waals surface area contributed by atoms with Crippen molar-refractivity contribution in [1.29, 1.82) is 0 Å². The molecule has 0 saturated carbocycles. The van der Waals surface area contributed by atoms with Crippen LogP contribution in [0.4, 0.5) is 0 Å². The molecule has 2 nitrogen and oxygen atoms in total. The van der Waals surface area contributed by atoms with Crippen LogP contribution in [0.25, 0.3) is 0 Å². The summed E-state index contributed by atoms with van der Waals surface area (Å²) in [6, 6.07) is 4.74. The van der Waals surface area contributed by atoms with Crippen molar-refractivity contribution in [3.05, 3.63) is 45.5 Å². The monoisotopic (exact) mass is 247 g/mol. The molecule has 0 aliphatic heterocycles. The lowest BCUT2D eigenvalue weighted by molar-refractivity contribution is 0.554. The fourth-order valence-electron chi connectivity index (χ4n) is 2.52. The molecule has 17 heavy (non-hydrogen) atoms. The molecule has 1 aliphatic rings. The fraction of sp³-hybridized carbons (Fsp3) is 0.429. The Bertz CT molecular complexity index is 465. The largest absolute Gasteiger partial charge is 0.472 e. The SMILES string of the molecule is CCNC(c1ccoc1)c1cc2c(s1)CCC2. The van der Waals surface area contributed by atoms with Crippen LogP contribution in [0.15, 0.2) is 29.1 Å². The van der Waals surface area contributed by atoms with E-state index in [1.165, 1.54) is 29.7 Å². The number of fused-ring (bicyclic) bond motifs is 1. The van der Waals surface area contributed by atoms with Gasteiger partial charge in [-0.3, -0.25) is 0 Å². The standard InChI is InChI=1S/C14H17NOS/c1-2-15-14(11-6-7-16-9-11)13-8-10-4-3-5-12(10)17-13/h6-9,14-15H,2-5H2,1H3. The highest BCUT2D eigenvalue weighted by molar-refractivity contribution is 7.12. The molecule has 2 aromatic heterocycles. The van der Waals surface area contributed by atoms with Crippen molar-refractivity contribution in [2.75, 3.05) is 6.54 Å². The molecule has 0 bridgehead atoms. The maximum absolute atomic E-state index is 5.21. The lowest BCUT2D eigenvalue weighted by Crippen LogP contribution is -2.20. The number of thiophene rings is 1. The van der Waals surface area contributed by atoms with Crippen LogP contribution in [0.1, 0.15) is 40.3 Å². The van der Waals surface area contributed by atoms with Gasteiger partial charge >= 0.3 is 0 Å². The van der Waals surface area contributed by atoms with E-state index < -0.39 is 0 Å². The molecular formula is C14H17NOS. The summed E-state index contributed by atoms with van der Waals surface area (Å²) in [4.78, 5) is 3.02.